The minimum Gasteiger partial charge on any atom is -0.497 e. The summed E-state index contributed by atoms with van der Waals surface area (Å²) in [5.74, 6) is 1.49. The lowest BCUT2D eigenvalue weighted by molar-refractivity contribution is 0.288. The zero-order chi connectivity index (χ0) is 21.3. The maximum atomic E-state index is 12.7. The largest absolute Gasteiger partial charge is 0.497 e. The third-order valence-electron chi connectivity index (χ3n) is 5.42. The van der Waals surface area contributed by atoms with E-state index in [-0.39, 0.29) is 17.1 Å². The molecule has 4 rings (SSSR count). The Bertz CT molecular complexity index is 1090. The second-order valence-electron chi connectivity index (χ2n) is 8.31. The summed E-state index contributed by atoms with van der Waals surface area (Å²) in [6, 6.07) is 13.5. The van der Waals surface area contributed by atoms with Gasteiger partial charge in [-0.2, -0.15) is 0 Å². The average molecular weight is 406 g/mol. The second kappa shape index (κ2) is 7.91. The third kappa shape index (κ3) is 4.07. The van der Waals surface area contributed by atoms with Crippen LogP contribution in [0.15, 0.2) is 59.7 Å². The van der Waals surface area contributed by atoms with Gasteiger partial charge in [-0.15, -0.1) is 0 Å². The first kappa shape index (κ1) is 20.1. The Morgan fingerprint density at radius 2 is 1.93 bits per heavy atom. The summed E-state index contributed by atoms with van der Waals surface area (Å²) in [7, 11) is 3.45. The summed E-state index contributed by atoms with van der Waals surface area (Å²) in [6.45, 7) is 5.75. The minimum absolute atomic E-state index is 0.0744. The van der Waals surface area contributed by atoms with E-state index in [0.29, 0.717) is 18.2 Å². The Kier molecular flexibility index (Phi) is 5.30. The summed E-state index contributed by atoms with van der Waals surface area (Å²) in [5, 5.41) is 3.72. The van der Waals surface area contributed by atoms with E-state index in [1.807, 2.05) is 24.3 Å². The smallest absolute Gasteiger partial charge is 0.255 e. The summed E-state index contributed by atoms with van der Waals surface area (Å²) in [6.07, 6.45) is 3.42. The molecule has 30 heavy (non-hydrogen) atoms. The highest BCUT2D eigenvalue weighted by Gasteiger charge is 2.34. The Labute approximate surface area is 176 Å². The maximum absolute atomic E-state index is 12.7. The molecule has 7 heteroatoms. The van der Waals surface area contributed by atoms with Gasteiger partial charge in [0.2, 0.25) is 5.95 Å². The minimum atomic E-state index is -0.170. The number of aromatic nitrogens is 3. The number of ether oxygens (including phenoxy) is 1. The quantitative estimate of drug-likeness (QED) is 0.720. The van der Waals surface area contributed by atoms with Crippen molar-refractivity contribution in [3.05, 3.63) is 70.8 Å². The first-order valence-electron chi connectivity index (χ1n) is 10.0. The zero-order valence-corrected chi connectivity index (χ0v) is 17.8. The molecule has 1 N–H and O–H groups in total. The number of hydrogen-bond acceptors (Lipinski definition) is 6. The number of anilines is 1. The molecule has 0 amide bonds. The van der Waals surface area contributed by atoms with E-state index in [0.717, 1.165) is 23.4 Å². The molecule has 0 saturated carbocycles. The molecule has 1 aliphatic heterocycles. The van der Waals surface area contributed by atoms with E-state index >= 15 is 0 Å². The number of pyridine rings is 1. The highest BCUT2D eigenvalue weighted by molar-refractivity contribution is 5.59. The number of nitrogens with one attached hydrogen (secondary N) is 1. The standard InChI is InChI=1S/C23H27N5O2/c1-23(2)15-28(14-20(26-23)17-6-5-7-18(12-17)30-4)22-25-19(13-21(29)27(22)3)16-8-10-24-11-9-16/h5-13,20,26H,14-15H2,1-4H3. The molecular weight excluding hydrogens is 378 g/mol. The molecule has 0 aliphatic carbocycles. The van der Waals surface area contributed by atoms with Gasteiger partial charge in [-0.25, -0.2) is 4.98 Å². The SMILES string of the molecule is COc1cccc(C2CN(c3nc(-c4ccncc4)cc(=O)n3C)CC(C)(C)N2)c1. The number of rotatable bonds is 4. The van der Waals surface area contributed by atoms with E-state index < -0.39 is 0 Å². The number of piperazine rings is 1. The van der Waals surface area contributed by atoms with Crippen LogP contribution in [-0.4, -0.2) is 40.3 Å². The van der Waals surface area contributed by atoms with Crippen LogP contribution in [0.1, 0.15) is 25.5 Å². The molecule has 156 valence electrons. The van der Waals surface area contributed by atoms with Gasteiger partial charge in [-0.05, 0) is 43.7 Å². The Morgan fingerprint density at radius 3 is 2.67 bits per heavy atom. The topological polar surface area (TPSA) is 72.3 Å². The highest BCUT2D eigenvalue weighted by Crippen LogP contribution is 2.29. The Hall–Kier alpha value is -3.19. The molecule has 1 atom stereocenters. The van der Waals surface area contributed by atoms with Crippen LogP contribution in [0.3, 0.4) is 0 Å². The molecule has 1 saturated heterocycles. The van der Waals surface area contributed by atoms with Crippen molar-refractivity contribution in [2.45, 2.75) is 25.4 Å². The molecule has 1 aromatic carbocycles. The van der Waals surface area contributed by atoms with E-state index in [9.17, 15) is 4.79 Å². The lowest BCUT2D eigenvalue weighted by Gasteiger charge is -2.44. The van der Waals surface area contributed by atoms with Crippen molar-refractivity contribution in [3.63, 3.8) is 0 Å². The van der Waals surface area contributed by atoms with Gasteiger partial charge in [0, 0.05) is 49.7 Å². The van der Waals surface area contributed by atoms with Gasteiger partial charge in [-0.1, -0.05) is 12.1 Å². The van der Waals surface area contributed by atoms with E-state index in [1.165, 1.54) is 0 Å². The van der Waals surface area contributed by atoms with Crippen LogP contribution in [-0.2, 0) is 7.05 Å². The van der Waals surface area contributed by atoms with Gasteiger partial charge >= 0.3 is 0 Å². The fourth-order valence-electron chi connectivity index (χ4n) is 4.01. The number of hydrogen-bond donors (Lipinski definition) is 1. The monoisotopic (exact) mass is 405 g/mol. The molecule has 1 unspecified atom stereocenters. The molecular formula is C23H27N5O2. The van der Waals surface area contributed by atoms with Crippen LogP contribution in [0.2, 0.25) is 0 Å². The lowest BCUT2D eigenvalue weighted by Crippen LogP contribution is -2.59. The van der Waals surface area contributed by atoms with Gasteiger partial charge in [0.05, 0.1) is 18.8 Å². The first-order chi connectivity index (χ1) is 14.4. The van der Waals surface area contributed by atoms with Crippen LogP contribution < -0.4 is 20.5 Å². The average Bonchev–Trinajstić information content (AvgIpc) is 2.75. The van der Waals surface area contributed by atoms with Gasteiger partial charge < -0.3 is 15.0 Å². The normalized spacial score (nSPS) is 18.3. The van der Waals surface area contributed by atoms with Gasteiger partial charge in [0.15, 0.2) is 0 Å². The molecule has 2 aromatic heterocycles. The number of nitrogens with zero attached hydrogens (tertiary/aromatic N) is 4. The van der Waals surface area contributed by atoms with Crippen molar-refractivity contribution in [3.8, 4) is 17.0 Å². The molecule has 1 fully saturated rings. The summed E-state index contributed by atoms with van der Waals surface area (Å²) < 4.78 is 7.02. The molecule has 3 heterocycles. The second-order valence-corrected chi connectivity index (χ2v) is 8.31. The zero-order valence-electron chi connectivity index (χ0n) is 17.8. The van der Waals surface area contributed by atoms with Crippen molar-refractivity contribution in [1.82, 2.24) is 19.9 Å². The molecule has 3 aromatic rings. The molecule has 7 nitrogen and oxygen atoms in total. The fourth-order valence-corrected chi connectivity index (χ4v) is 4.01. The Balaban J connectivity index is 1.73. The third-order valence-corrected chi connectivity index (χ3v) is 5.42. The summed E-state index contributed by atoms with van der Waals surface area (Å²) >= 11 is 0. The predicted octanol–water partition coefficient (Wildman–Crippen LogP) is 2.78. The van der Waals surface area contributed by atoms with E-state index in [4.69, 9.17) is 9.72 Å². The van der Waals surface area contributed by atoms with Crippen LogP contribution >= 0.6 is 0 Å². The Morgan fingerprint density at radius 1 is 1.17 bits per heavy atom. The maximum Gasteiger partial charge on any atom is 0.255 e. The van der Waals surface area contributed by atoms with Crippen molar-refractivity contribution in [2.75, 3.05) is 25.1 Å². The molecule has 0 bridgehead atoms. The number of benzene rings is 1. The van der Waals surface area contributed by atoms with Crippen molar-refractivity contribution >= 4 is 5.95 Å². The van der Waals surface area contributed by atoms with Crippen molar-refractivity contribution in [1.29, 1.82) is 0 Å². The van der Waals surface area contributed by atoms with Gasteiger partial charge in [-0.3, -0.25) is 14.3 Å². The van der Waals surface area contributed by atoms with E-state index in [2.05, 4.69) is 41.2 Å². The molecule has 0 radical (unpaired) electrons. The van der Waals surface area contributed by atoms with Crippen LogP contribution in [0, 0.1) is 0 Å². The molecule has 0 spiro atoms. The van der Waals surface area contributed by atoms with Crippen molar-refractivity contribution < 1.29 is 4.74 Å². The van der Waals surface area contributed by atoms with Gasteiger partial charge in [0.1, 0.15) is 5.75 Å². The van der Waals surface area contributed by atoms with Crippen LogP contribution in [0.4, 0.5) is 5.95 Å². The van der Waals surface area contributed by atoms with Crippen molar-refractivity contribution in [2.24, 2.45) is 7.05 Å². The van der Waals surface area contributed by atoms with Crippen LogP contribution in [0.5, 0.6) is 5.75 Å². The summed E-state index contributed by atoms with van der Waals surface area (Å²) in [4.78, 5) is 23.8. The summed E-state index contributed by atoms with van der Waals surface area (Å²) in [5.41, 5.74) is 2.42. The van der Waals surface area contributed by atoms with E-state index in [1.54, 1.807) is 37.2 Å². The van der Waals surface area contributed by atoms with Gasteiger partial charge in [0.25, 0.3) is 5.56 Å². The first-order valence-corrected chi connectivity index (χ1v) is 10.0. The fraction of sp³-hybridized carbons (Fsp3) is 0.348. The molecule has 1 aliphatic rings. The lowest BCUT2D eigenvalue weighted by atomic mass is 9.95. The predicted molar refractivity (Wildman–Crippen MR) is 118 cm³/mol. The highest BCUT2D eigenvalue weighted by atomic mass is 16.5. The number of methoxy groups -OCH3 is 1. The van der Waals surface area contributed by atoms with Crippen LogP contribution in [0.25, 0.3) is 11.3 Å².